The maximum Gasteiger partial charge on any atom is 0.0641 e. The van der Waals surface area contributed by atoms with Crippen LogP contribution in [0.1, 0.15) is 143 Å². The third kappa shape index (κ3) is 6.86. The summed E-state index contributed by atoms with van der Waals surface area (Å²) in [6, 6.07) is 15.2. The summed E-state index contributed by atoms with van der Waals surface area (Å²) in [5, 5.41) is 3.86. The third-order valence-electron chi connectivity index (χ3n) is 17.3. The molecule has 2 aromatic carbocycles. The van der Waals surface area contributed by atoms with Gasteiger partial charge in [-0.15, -0.1) is 0 Å². The number of rotatable bonds is 8. The minimum Gasteiger partial charge on any atom is -0.363 e. The van der Waals surface area contributed by atoms with Gasteiger partial charge in [0.2, 0.25) is 0 Å². The van der Waals surface area contributed by atoms with E-state index in [1.165, 1.54) is 112 Å². The van der Waals surface area contributed by atoms with Crippen molar-refractivity contribution in [1.29, 1.82) is 0 Å². The quantitative estimate of drug-likeness (QED) is 0.270. The zero-order valence-corrected chi connectivity index (χ0v) is 36.9. The number of aliphatic imine (C=N–C) groups is 1. The van der Waals surface area contributed by atoms with Crippen molar-refractivity contribution in [2.75, 3.05) is 24.5 Å². The first kappa shape index (κ1) is 39.0. The van der Waals surface area contributed by atoms with E-state index in [-0.39, 0.29) is 5.41 Å². The van der Waals surface area contributed by atoms with Crippen molar-refractivity contribution >= 4 is 18.0 Å². The molecule has 0 saturated carbocycles. The van der Waals surface area contributed by atoms with Crippen molar-refractivity contribution in [3.8, 4) is 0 Å². The van der Waals surface area contributed by atoms with Gasteiger partial charge in [-0.2, -0.15) is 0 Å². The molecule has 9 atom stereocenters. The van der Waals surface area contributed by atoms with Gasteiger partial charge in [-0.25, -0.2) is 0 Å². The summed E-state index contributed by atoms with van der Waals surface area (Å²) >= 11 is 0. The van der Waals surface area contributed by atoms with Gasteiger partial charge >= 0.3 is 0 Å². The molecule has 314 valence electrons. The highest BCUT2D eigenvalue weighted by atomic mass is 15.2. The van der Waals surface area contributed by atoms with Crippen LogP contribution in [0.2, 0.25) is 0 Å². The molecule has 1 saturated heterocycles. The van der Waals surface area contributed by atoms with E-state index in [9.17, 15) is 0 Å². The van der Waals surface area contributed by atoms with Gasteiger partial charge in [-0.1, -0.05) is 97.9 Å². The number of piperidine rings is 1. The van der Waals surface area contributed by atoms with Crippen LogP contribution in [0.15, 0.2) is 106 Å². The average molecular weight is 799 g/mol. The van der Waals surface area contributed by atoms with Crippen molar-refractivity contribution in [3.05, 3.63) is 129 Å². The lowest BCUT2D eigenvalue weighted by atomic mass is 9.50. The number of nitrogens with one attached hydrogen (secondary N) is 1. The Morgan fingerprint density at radius 1 is 0.883 bits per heavy atom. The standard InChI is InChI=1S/C56H70N4/c1-37-30-51(59(45-22-12-28-57-35-45)43-20-10-18-40(31-43)38-14-6-4-7-15-38)49-34-50-53-42(26-27-56(50,2)3)33-52(48-25-24-47(37)54(49)55(48)53)60(46-23-13-29-58-36-46)44-21-11-19-41(32-44)39-16-8-5-9-17-39/h4-8,10,14-15,18,20-21,24-25,30,36,39-41,45-46,48,50,52,55,57H,9,11-13,16-17,19,22-23,26-29,31-35H2,1-3H3. The molecule has 0 aromatic heterocycles. The molecule has 2 aliphatic heterocycles. The Bertz CT molecular complexity index is 2170. The molecular formula is C56H70N4. The molecule has 4 heteroatoms. The molecule has 9 unspecified atom stereocenters. The van der Waals surface area contributed by atoms with E-state index in [1.54, 1.807) is 22.4 Å². The van der Waals surface area contributed by atoms with Crippen LogP contribution in [0, 0.1) is 36.0 Å². The van der Waals surface area contributed by atoms with Gasteiger partial charge < -0.3 is 15.1 Å². The van der Waals surface area contributed by atoms with E-state index in [2.05, 4.69) is 127 Å². The van der Waals surface area contributed by atoms with Crippen molar-refractivity contribution in [3.63, 3.8) is 0 Å². The Hall–Kier alpha value is -3.89. The molecule has 9 aliphatic rings. The molecule has 0 bridgehead atoms. The van der Waals surface area contributed by atoms with E-state index < -0.39 is 0 Å². The van der Waals surface area contributed by atoms with Crippen LogP contribution in [-0.4, -0.2) is 48.9 Å². The molecule has 7 aliphatic carbocycles. The van der Waals surface area contributed by atoms with E-state index in [0.717, 1.165) is 37.9 Å². The lowest BCUT2D eigenvalue weighted by molar-refractivity contribution is 0.108. The molecule has 0 spiro atoms. The molecular weight excluding hydrogens is 729 g/mol. The number of hydrogen-bond acceptors (Lipinski definition) is 4. The SMILES string of the molecule is Cc1cc(N(C2=CC=CC(c3ccccc3)C2)C2CCCNC2)c2c3c1C=CC1C3C3=C(CCC(C)(C)C3C2)CC1N(C1=CCCC(C2CC=CCC2)C1)C1C=NCCC1. The summed E-state index contributed by atoms with van der Waals surface area (Å²) in [7, 11) is 0. The van der Waals surface area contributed by atoms with Crippen LogP contribution in [0.25, 0.3) is 6.08 Å². The van der Waals surface area contributed by atoms with Crippen molar-refractivity contribution < 1.29 is 0 Å². The normalized spacial score (nSPS) is 33.8. The van der Waals surface area contributed by atoms with Crippen LogP contribution < -0.4 is 10.2 Å². The summed E-state index contributed by atoms with van der Waals surface area (Å²) in [4.78, 5) is 11.0. The molecule has 60 heavy (non-hydrogen) atoms. The van der Waals surface area contributed by atoms with Gasteiger partial charge in [-0.3, -0.25) is 4.99 Å². The first-order valence-electron chi connectivity index (χ1n) is 24.5. The predicted octanol–water partition coefficient (Wildman–Crippen LogP) is 12.5. The molecule has 1 fully saturated rings. The Kier molecular flexibility index (Phi) is 10.5. The molecule has 1 N–H and O–H groups in total. The third-order valence-corrected chi connectivity index (χ3v) is 17.3. The highest BCUT2D eigenvalue weighted by Crippen LogP contribution is 2.63. The van der Waals surface area contributed by atoms with E-state index >= 15 is 0 Å². The van der Waals surface area contributed by atoms with Gasteiger partial charge in [-0.05, 0) is 173 Å². The van der Waals surface area contributed by atoms with E-state index in [1.807, 2.05) is 11.1 Å². The fourth-order valence-corrected chi connectivity index (χ4v) is 14.2. The monoisotopic (exact) mass is 799 g/mol. The summed E-state index contributed by atoms with van der Waals surface area (Å²) < 4.78 is 0. The number of allylic oxidation sites excluding steroid dienone is 9. The largest absolute Gasteiger partial charge is 0.363 e. The highest BCUT2D eigenvalue weighted by molar-refractivity contribution is 5.77. The molecule has 11 rings (SSSR count). The Balaban J connectivity index is 1.04. The second kappa shape index (κ2) is 16.1. The maximum atomic E-state index is 5.04. The van der Waals surface area contributed by atoms with Crippen molar-refractivity contribution in [1.82, 2.24) is 10.2 Å². The summed E-state index contributed by atoms with van der Waals surface area (Å²) in [6.45, 7) is 10.9. The second-order valence-electron chi connectivity index (χ2n) is 21.1. The fourth-order valence-electron chi connectivity index (χ4n) is 14.2. The molecule has 2 heterocycles. The van der Waals surface area contributed by atoms with Crippen molar-refractivity contribution in [2.45, 2.75) is 147 Å². The molecule has 2 aromatic rings. The Labute approximate surface area is 361 Å². The number of nitrogens with zero attached hydrogens (tertiary/aromatic N) is 3. The maximum absolute atomic E-state index is 5.04. The number of anilines is 1. The van der Waals surface area contributed by atoms with E-state index in [0.29, 0.717) is 41.8 Å². The predicted molar refractivity (Wildman–Crippen MR) is 252 cm³/mol. The topological polar surface area (TPSA) is 30.9 Å². The van der Waals surface area contributed by atoms with Crippen molar-refractivity contribution in [2.24, 2.45) is 34.1 Å². The van der Waals surface area contributed by atoms with Crippen LogP contribution in [-0.2, 0) is 6.42 Å². The zero-order valence-electron chi connectivity index (χ0n) is 36.9. The summed E-state index contributed by atoms with van der Waals surface area (Å²) in [6.07, 6.45) is 41.4. The van der Waals surface area contributed by atoms with Crippen LogP contribution in [0.3, 0.4) is 0 Å². The number of benzene rings is 2. The lowest BCUT2D eigenvalue weighted by Gasteiger charge is -2.58. The smallest absolute Gasteiger partial charge is 0.0641 e. The van der Waals surface area contributed by atoms with Gasteiger partial charge in [0.15, 0.2) is 0 Å². The number of aryl methyl sites for hydroxylation is 1. The summed E-state index contributed by atoms with van der Waals surface area (Å²) in [5.74, 6) is 3.57. The minimum atomic E-state index is 0.281. The van der Waals surface area contributed by atoms with Gasteiger partial charge in [0, 0.05) is 66.2 Å². The minimum absolute atomic E-state index is 0.281. The van der Waals surface area contributed by atoms with Crippen LogP contribution >= 0.6 is 0 Å². The zero-order chi connectivity index (χ0) is 40.4. The van der Waals surface area contributed by atoms with Gasteiger partial charge in [0.1, 0.15) is 0 Å². The molecule has 0 radical (unpaired) electrons. The molecule has 4 nitrogen and oxygen atoms in total. The Morgan fingerprint density at radius 2 is 1.78 bits per heavy atom. The number of hydrogen-bond donors (Lipinski definition) is 1. The van der Waals surface area contributed by atoms with Gasteiger partial charge in [0.25, 0.3) is 0 Å². The first-order chi connectivity index (χ1) is 29.4. The summed E-state index contributed by atoms with van der Waals surface area (Å²) in [5.41, 5.74) is 16.5. The Morgan fingerprint density at radius 3 is 2.60 bits per heavy atom. The average Bonchev–Trinajstić information content (AvgIpc) is 3.30. The lowest BCUT2D eigenvalue weighted by Crippen LogP contribution is -2.54. The van der Waals surface area contributed by atoms with Crippen LogP contribution in [0.5, 0.6) is 0 Å². The fraction of sp³-hybridized carbons (Fsp3) is 0.554. The molecule has 0 amide bonds. The second-order valence-corrected chi connectivity index (χ2v) is 21.1. The van der Waals surface area contributed by atoms with E-state index in [4.69, 9.17) is 4.99 Å². The first-order valence-corrected chi connectivity index (χ1v) is 24.5. The van der Waals surface area contributed by atoms with Crippen LogP contribution in [0.4, 0.5) is 5.69 Å². The highest BCUT2D eigenvalue weighted by Gasteiger charge is 2.54. The van der Waals surface area contributed by atoms with Gasteiger partial charge in [0.05, 0.1) is 6.04 Å².